The van der Waals surface area contributed by atoms with Gasteiger partial charge in [-0.3, -0.25) is 0 Å². The van der Waals surface area contributed by atoms with Crippen molar-refractivity contribution in [3.05, 3.63) is 12.8 Å². The molecular formula is C10H12F6O. The first-order chi connectivity index (χ1) is 7.64. The van der Waals surface area contributed by atoms with Gasteiger partial charge in [0.2, 0.25) is 0 Å². The monoisotopic (exact) mass is 262 g/mol. The van der Waals surface area contributed by atoms with E-state index in [1.54, 1.807) is 0 Å². The minimum atomic E-state index is -4.62. The Morgan fingerprint density at radius 1 is 0.882 bits per heavy atom. The van der Waals surface area contributed by atoms with Crippen LogP contribution in [0.1, 0.15) is 19.3 Å². The zero-order chi connectivity index (χ0) is 13.3. The van der Waals surface area contributed by atoms with Crippen LogP contribution in [0.15, 0.2) is 12.8 Å². The minimum absolute atomic E-state index is 0.442. The van der Waals surface area contributed by atoms with Crippen molar-refractivity contribution >= 4 is 0 Å². The molecule has 7 heteroatoms. The summed E-state index contributed by atoms with van der Waals surface area (Å²) in [6, 6.07) is 0. The van der Waals surface area contributed by atoms with Crippen molar-refractivity contribution < 1.29 is 31.1 Å². The van der Waals surface area contributed by atoms with E-state index in [-0.39, 0.29) is 0 Å². The lowest BCUT2D eigenvalue weighted by molar-refractivity contribution is -0.233. The molecule has 1 nitrogen and oxygen atoms in total. The number of ether oxygens (including phenoxy) is 1. The summed E-state index contributed by atoms with van der Waals surface area (Å²) in [6.45, 7) is 3.14. The molecular weight excluding hydrogens is 250 g/mol. The molecule has 0 radical (unpaired) electrons. The molecule has 0 N–H and O–H groups in total. The van der Waals surface area contributed by atoms with E-state index >= 15 is 0 Å². The van der Waals surface area contributed by atoms with Crippen LogP contribution in [0.2, 0.25) is 0 Å². The van der Waals surface area contributed by atoms with E-state index in [2.05, 4.69) is 6.58 Å². The maximum absolute atomic E-state index is 12.5. The molecule has 1 saturated carbocycles. The molecule has 1 fully saturated rings. The molecule has 0 aromatic rings. The topological polar surface area (TPSA) is 9.23 Å². The third kappa shape index (κ3) is 3.81. The second-order valence-corrected chi connectivity index (χ2v) is 4.11. The smallest absolute Gasteiger partial charge is 0.391 e. The van der Waals surface area contributed by atoms with Crippen LogP contribution in [0.25, 0.3) is 0 Å². The third-order valence-electron chi connectivity index (χ3n) is 2.88. The summed E-state index contributed by atoms with van der Waals surface area (Å²) in [7, 11) is 0. The van der Waals surface area contributed by atoms with Crippen molar-refractivity contribution in [2.24, 2.45) is 11.8 Å². The first-order valence-electron chi connectivity index (χ1n) is 5.04. The molecule has 2 unspecified atom stereocenters. The highest BCUT2D eigenvalue weighted by Gasteiger charge is 2.52. The first kappa shape index (κ1) is 14.2. The van der Waals surface area contributed by atoms with Crippen molar-refractivity contribution in [1.82, 2.24) is 0 Å². The van der Waals surface area contributed by atoms with Gasteiger partial charge in [0.15, 0.2) is 0 Å². The molecule has 0 aromatic heterocycles. The highest BCUT2D eigenvalue weighted by Crippen LogP contribution is 2.46. The normalized spacial score (nSPS) is 31.1. The predicted molar refractivity (Wildman–Crippen MR) is 48.0 cm³/mol. The quantitative estimate of drug-likeness (QED) is 0.538. The Bertz CT molecular complexity index is 247. The first-order valence-corrected chi connectivity index (χ1v) is 5.04. The Labute approximate surface area is 94.4 Å². The second kappa shape index (κ2) is 4.78. The Balaban J connectivity index is 2.80. The standard InChI is InChI=1S/C10H12F6O/c1-2-17-8-4-6(9(11,12)13)3-7(5-8)10(14,15)16/h2,6-8H,1,3-5H2. The number of rotatable bonds is 2. The van der Waals surface area contributed by atoms with Crippen LogP contribution in [0.3, 0.4) is 0 Å². The van der Waals surface area contributed by atoms with Gasteiger partial charge in [-0.15, -0.1) is 0 Å². The van der Waals surface area contributed by atoms with Crippen LogP contribution in [0.5, 0.6) is 0 Å². The van der Waals surface area contributed by atoms with Gasteiger partial charge in [-0.1, -0.05) is 6.58 Å². The van der Waals surface area contributed by atoms with Gasteiger partial charge in [0.05, 0.1) is 24.2 Å². The van der Waals surface area contributed by atoms with E-state index in [0.717, 1.165) is 6.26 Å². The number of halogens is 6. The summed E-state index contributed by atoms with van der Waals surface area (Å²) < 4.78 is 79.5. The van der Waals surface area contributed by atoms with Crippen molar-refractivity contribution in [3.8, 4) is 0 Å². The number of hydrogen-bond acceptors (Lipinski definition) is 1. The van der Waals surface area contributed by atoms with E-state index in [1.807, 2.05) is 0 Å². The average molecular weight is 262 g/mol. The van der Waals surface area contributed by atoms with Crippen molar-refractivity contribution in [2.75, 3.05) is 0 Å². The van der Waals surface area contributed by atoms with E-state index in [0.29, 0.717) is 0 Å². The fourth-order valence-corrected chi connectivity index (χ4v) is 2.05. The van der Waals surface area contributed by atoms with Crippen LogP contribution in [-0.4, -0.2) is 18.5 Å². The van der Waals surface area contributed by atoms with Crippen LogP contribution in [0, 0.1) is 11.8 Å². The third-order valence-corrected chi connectivity index (χ3v) is 2.88. The largest absolute Gasteiger partial charge is 0.499 e. The van der Waals surface area contributed by atoms with Crippen molar-refractivity contribution in [3.63, 3.8) is 0 Å². The molecule has 0 aromatic carbocycles. The molecule has 0 saturated heterocycles. The highest BCUT2D eigenvalue weighted by atomic mass is 19.4. The number of alkyl halides is 6. The minimum Gasteiger partial charge on any atom is -0.499 e. The van der Waals surface area contributed by atoms with Gasteiger partial charge in [-0.05, 0) is 19.3 Å². The van der Waals surface area contributed by atoms with Gasteiger partial charge < -0.3 is 4.74 Å². The number of hydrogen-bond donors (Lipinski definition) is 0. The predicted octanol–water partition coefficient (Wildman–Crippen LogP) is 4.06. The Morgan fingerprint density at radius 2 is 1.29 bits per heavy atom. The summed E-state index contributed by atoms with van der Waals surface area (Å²) in [5.41, 5.74) is 0. The molecule has 0 spiro atoms. The second-order valence-electron chi connectivity index (χ2n) is 4.11. The summed E-state index contributed by atoms with van der Waals surface area (Å²) in [6.07, 6.45) is -11.2. The van der Waals surface area contributed by atoms with Crippen LogP contribution in [-0.2, 0) is 4.74 Å². The summed E-state index contributed by atoms with van der Waals surface area (Å²) in [5.74, 6) is -3.93. The van der Waals surface area contributed by atoms with Gasteiger partial charge >= 0.3 is 12.4 Å². The van der Waals surface area contributed by atoms with E-state index in [1.165, 1.54) is 0 Å². The molecule has 0 amide bonds. The fourth-order valence-electron chi connectivity index (χ4n) is 2.05. The fraction of sp³-hybridized carbons (Fsp3) is 0.800. The van der Waals surface area contributed by atoms with E-state index in [9.17, 15) is 26.3 Å². The van der Waals surface area contributed by atoms with E-state index < -0.39 is 49.6 Å². The summed E-state index contributed by atoms with van der Waals surface area (Å²) in [5, 5.41) is 0. The van der Waals surface area contributed by atoms with Crippen LogP contribution < -0.4 is 0 Å². The molecule has 0 aliphatic heterocycles. The van der Waals surface area contributed by atoms with Gasteiger partial charge in [-0.2, -0.15) is 26.3 Å². The lowest BCUT2D eigenvalue weighted by Crippen LogP contribution is -2.40. The van der Waals surface area contributed by atoms with Gasteiger partial charge in [0.25, 0.3) is 0 Å². The zero-order valence-electron chi connectivity index (χ0n) is 8.81. The molecule has 1 aliphatic carbocycles. The average Bonchev–Trinajstić information content (AvgIpc) is 2.15. The molecule has 1 aliphatic rings. The maximum Gasteiger partial charge on any atom is 0.391 e. The van der Waals surface area contributed by atoms with Crippen molar-refractivity contribution in [1.29, 1.82) is 0 Å². The molecule has 2 atom stereocenters. The molecule has 100 valence electrons. The van der Waals surface area contributed by atoms with Crippen LogP contribution in [0.4, 0.5) is 26.3 Å². The molecule has 1 rings (SSSR count). The van der Waals surface area contributed by atoms with Gasteiger partial charge in [0.1, 0.15) is 0 Å². The Morgan fingerprint density at radius 3 is 1.59 bits per heavy atom. The highest BCUT2D eigenvalue weighted by molar-refractivity contribution is 4.87. The van der Waals surface area contributed by atoms with Gasteiger partial charge in [-0.25, -0.2) is 0 Å². The maximum atomic E-state index is 12.5. The Hall–Kier alpha value is -0.880. The lowest BCUT2D eigenvalue weighted by atomic mass is 9.79. The summed E-state index contributed by atoms with van der Waals surface area (Å²) in [4.78, 5) is 0. The zero-order valence-corrected chi connectivity index (χ0v) is 8.81. The SMILES string of the molecule is C=COC1CC(C(F)(F)F)CC(C(F)(F)F)C1. The molecule has 0 bridgehead atoms. The Kier molecular flexibility index (Phi) is 3.99. The molecule has 0 heterocycles. The molecule has 17 heavy (non-hydrogen) atoms. The van der Waals surface area contributed by atoms with Crippen LogP contribution >= 0.6 is 0 Å². The van der Waals surface area contributed by atoms with Gasteiger partial charge in [0, 0.05) is 0 Å². The van der Waals surface area contributed by atoms with Crippen molar-refractivity contribution in [2.45, 2.75) is 37.7 Å². The summed E-state index contributed by atoms with van der Waals surface area (Å²) >= 11 is 0. The van der Waals surface area contributed by atoms with E-state index in [4.69, 9.17) is 4.74 Å². The lowest BCUT2D eigenvalue weighted by Gasteiger charge is -2.36.